The molecule has 1 aromatic rings. The highest BCUT2D eigenvalue weighted by Gasteiger charge is 2.31. The van der Waals surface area contributed by atoms with Gasteiger partial charge >= 0.3 is 0 Å². The van der Waals surface area contributed by atoms with Crippen LogP contribution < -0.4 is 5.32 Å². The molecule has 2 rings (SSSR count). The molecule has 112 valence electrons. The predicted octanol–water partition coefficient (Wildman–Crippen LogP) is 3.33. The summed E-state index contributed by atoms with van der Waals surface area (Å²) in [6, 6.07) is 10.3. The number of anilines is 1. The summed E-state index contributed by atoms with van der Waals surface area (Å²) in [7, 11) is 0. The number of likely N-dealkylation sites (tertiary alicyclic amines) is 1. The van der Waals surface area contributed by atoms with Crippen LogP contribution in [0.3, 0.4) is 0 Å². The lowest BCUT2D eigenvalue weighted by Crippen LogP contribution is -2.40. The number of nitrogens with zero attached hydrogens (tertiary/aromatic N) is 2. The summed E-state index contributed by atoms with van der Waals surface area (Å²) in [6.07, 6.45) is 2.76. The van der Waals surface area contributed by atoms with E-state index in [9.17, 15) is 4.79 Å². The molecule has 1 fully saturated rings. The number of piperidine rings is 1. The number of benzene rings is 1. The summed E-state index contributed by atoms with van der Waals surface area (Å²) >= 11 is 2.45. The number of amides is 1. The Labute approximate surface area is 139 Å². The largest absolute Gasteiger partial charge is 0.326 e. The van der Waals surface area contributed by atoms with Gasteiger partial charge in [-0.05, 0) is 43.6 Å². The average molecular weight is 397 g/mol. The maximum Gasteiger partial charge on any atom is 0.221 e. The fraction of sp³-hybridized carbons (Fsp3) is 0.500. The number of carbonyl (C=O) groups is 1. The normalized spacial score (nSPS) is 18.0. The molecule has 0 aliphatic carbocycles. The van der Waals surface area contributed by atoms with Crippen molar-refractivity contribution in [1.29, 1.82) is 5.26 Å². The van der Waals surface area contributed by atoms with Crippen molar-refractivity contribution in [3.8, 4) is 6.07 Å². The van der Waals surface area contributed by atoms with Gasteiger partial charge < -0.3 is 5.32 Å². The van der Waals surface area contributed by atoms with Crippen molar-refractivity contribution in [3.05, 3.63) is 29.8 Å². The van der Waals surface area contributed by atoms with E-state index in [2.05, 4.69) is 44.9 Å². The maximum atomic E-state index is 11.1. The van der Waals surface area contributed by atoms with E-state index in [1.807, 2.05) is 18.2 Å². The van der Waals surface area contributed by atoms with Gasteiger partial charge in [0.05, 0.1) is 6.07 Å². The van der Waals surface area contributed by atoms with Gasteiger partial charge in [0.2, 0.25) is 5.91 Å². The van der Waals surface area contributed by atoms with Crippen molar-refractivity contribution < 1.29 is 4.79 Å². The molecule has 0 aromatic heterocycles. The number of hydrogen-bond acceptors (Lipinski definition) is 3. The fourth-order valence-electron chi connectivity index (χ4n) is 2.64. The van der Waals surface area contributed by atoms with Gasteiger partial charge in [-0.2, -0.15) is 5.26 Å². The topological polar surface area (TPSA) is 56.1 Å². The summed E-state index contributed by atoms with van der Waals surface area (Å²) in [5, 5.41) is 11.7. The highest BCUT2D eigenvalue weighted by Crippen LogP contribution is 2.35. The number of nitrogens with one attached hydrogen (secondary N) is 1. The zero-order valence-corrected chi connectivity index (χ0v) is 14.4. The summed E-state index contributed by atoms with van der Waals surface area (Å²) in [5.41, 5.74) is 2.06. The molecular formula is C16H20IN3O. The Morgan fingerprint density at radius 3 is 2.81 bits per heavy atom. The van der Waals surface area contributed by atoms with Crippen molar-refractivity contribution in [1.82, 2.24) is 4.90 Å². The Hall–Kier alpha value is -1.13. The van der Waals surface area contributed by atoms with E-state index >= 15 is 0 Å². The third-order valence-electron chi connectivity index (χ3n) is 3.80. The molecule has 5 heteroatoms. The van der Waals surface area contributed by atoms with E-state index in [0.29, 0.717) is 6.42 Å². The summed E-state index contributed by atoms with van der Waals surface area (Å²) in [4.78, 5) is 13.5. The van der Waals surface area contributed by atoms with Crippen LogP contribution in [-0.4, -0.2) is 27.3 Å². The van der Waals surface area contributed by atoms with Crippen LogP contribution in [0.5, 0.6) is 0 Å². The van der Waals surface area contributed by atoms with Crippen molar-refractivity contribution >= 4 is 34.2 Å². The van der Waals surface area contributed by atoms with Crippen molar-refractivity contribution in [3.63, 3.8) is 0 Å². The van der Waals surface area contributed by atoms with Gasteiger partial charge in [-0.25, -0.2) is 0 Å². The third-order valence-corrected chi connectivity index (χ3v) is 5.26. The molecule has 0 spiro atoms. The third kappa shape index (κ3) is 4.97. The van der Waals surface area contributed by atoms with E-state index in [1.54, 1.807) is 0 Å². The maximum absolute atomic E-state index is 11.1. The highest BCUT2D eigenvalue weighted by atomic mass is 127. The molecule has 1 saturated heterocycles. The summed E-state index contributed by atoms with van der Waals surface area (Å²) < 4.78 is 0.154. The second kappa shape index (κ2) is 7.23. The first-order valence-electron chi connectivity index (χ1n) is 7.15. The van der Waals surface area contributed by atoms with Gasteiger partial charge in [0.15, 0.2) is 0 Å². The minimum Gasteiger partial charge on any atom is -0.326 e. The molecule has 21 heavy (non-hydrogen) atoms. The van der Waals surface area contributed by atoms with Gasteiger partial charge in [-0.15, -0.1) is 0 Å². The van der Waals surface area contributed by atoms with Crippen LogP contribution in [0.4, 0.5) is 5.69 Å². The van der Waals surface area contributed by atoms with Gasteiger partial charge in [-0.3, -0.25) is 9.69 Å². The van der Waals surface area contributed by atoms with Gasteiger partial charge in [0.25, 0.3) is 0 Å². The zero-order valence-electron chi connectivity index (χ0n) is 12.2. The van der Waals surface area contributed by atoms with E-state index in [1.165, 1.54) is 12.5 Å². The quantitative estimate of drug-likeness (QED) is 0.627. The molecule has 1 aliphatic heterocycles. The number of alkyl halides is 1. The van der Waals surface area contributed by atoms with E-state index in [0.717, 1.165) is 38.2 Å². The molecule has 0 atom stereocenters. The van der Waals surface area contributed by atoms with Crippen molar-refractivity contribution in [2.75, 3.05) is 18.4 Å². The van der Waals surface area contributed by atoms with Crippen molar-refractivity contribution in [2.45, 2.75) is 36.2 Å². The van der Waals surface area contributed by atoms with Gasteiger partial charge in [0, 0.05) is 29.0 Å². The molecule has 1 aliphatic rings. The molecular weight excluding hydrogens is 377 g/mol. The zero-order chi connectivity index (χ0) is 15.3. The number of carbonyl (C=O) groups excluding carboxylic acids is 1. The first-order chi connectivity index (χ1) is 10.0. The van der Waals surface area contributed by atoms with Crippen LogP contribution in [0.15, 0.2) is 24.3 Å². The number of halogens is 1. The lowest BCUT2D eigenvalue weighted by molar-refractivity contribution is -0.114. The van der Waals surface area contributed by atoms with E-state index in [4.69, 9.17) is 5.26 Å². The summed E-state index contributed by atoms with van der Waals surface area (Å²) in [5.74, 6) is -0.0451. The average Bonchev–Trinajstić information content (AvgIpc) is 2.42. The van der Waals surface area contributed by atoms with E-state index < -0.39 is 0 Å². The first-order valence-corrected chi connectivity index (χ1v) is 8.23. The second-order valence-corrected chi connectivity index (χ2v) is 7.93. The summed E-state index contributed by atoms with van der Waals surface area (Å²) in [6.45, 7) is 4.46. The molecule has 4 nitrogen and oxygen atoms in total. The Kier molecular flexibility index (Phi) is 5.59. The monoisotopic (exact) mass is 397 g/mol. The van der Waals surface area contributed by atoms with Crippen LogP contribution in [-0.2, 0) is 11.3 Å². The van der Waals surface area contributed by atoms with Crippen LogP contribution in [0.2, 0.25) is 0 Å². The number of nitriles is 1. The SMILES string of the molecule is CC(=O)Nc1cccc(CN2CCC(I)(CC#N)CC2)c1. The number of hydrogen-bond donors (Lipinski definition) is 1. The van der Waals surface area contributed by atoms with Crippen LogP contribution in [0.1, 0.15) is 31.7 Å². The molecule has 1 aromatic carbocycles. The predicted molar refractivity (Wildman–Crippen MR) is 92.2 cm³/mol. The highest BCUT2D eigenvalue weighted by molar-refractivity contribution is 14.1. The minimum absolute atomic E-state index is 0.0451. The lowest BCUT2D eigenvalue weighted by atomic mass is 9.94. The van der Waals surface area contributed by atoms with Crippen molar-refractivity contribution in [2.24, 2.45) is 0 Å². The molecule has 0 bridgehead atoms. The Morgan fingerprint density at radius 1 is 1.48 bits per heavy atom. The van der Waals surface area contributed by atoms with Crippen LogP contribution >= 0.6 is 22.6 Å². The fourth-order valence-corrected chi connectivity index (χ4v) is 3.29. The minimum atomic E-state index is -0.0451. The number of rotatable bonds is 4. The lowest BCUT2D eigenvalue weighted by Gasteiger charge is -2.36. The molecule has 1 heterocycles. The molecule has 0 saturated carbocycles. The van der Waals surface area contributed by atoms with E-state index in [-0.39, 0.29) is 9.33 Å². The van der Waals surface area contributed by atoms with Crippen LogP contribution in [0.25, 0.3) is 0 Å². The second-order valence-electron chi connectivity index (χ2n) is 5.64. The molecule has 0 radical (unpaired) electrons. The standard InChI is InChI=1S/C16H20IN3O/c1-13(21)19-15-4-2-3-14(11-15)12-20-9-6-16(17,5-8-18)7-10-20/h2-4,11H,5-7,9-10,12H2,1H3,(H,19,21). The molecule has 1 N–H and O–H groups in total. The van der Waals surface area contributed by atoms with Crippen LogP contribution in [0, 0.1) is 11.3 Å². The van der Waals surface area contributed by atoms with Gasteiger partial charge in [0.1, 0.15) is 0 Å². The smallest absolute Gasteiger partial charge is 0.221 e. The molecule has 1 amide bonds. The van der Waals surface area contributed by atoms with Gasteiger partial charge in [-0.1, -0.05) is 34.7 Å². The Balaban J connectivity index is 1.92. The first kappa shape index (κ1) is 16.2. The Morgan fingerprint density at radius 2 is 2.19 bits per heavy atom. The molecule has 0 unspecified atom stereocenters. The Bertz CT molecular complexity index is 545.